The first kappa shape index (κ1) is 22.6. The van der Waals surface area contributed by atoms with Crippen LogP contribution in [0.25, 0.3) is 5.69 Å². The molecule has 1 aliphatic rings. The lowest BCUT2D eigenvalue weighted by Crippen LogP contribution is -2.31. The van der Waals surface area contributed by atoms with Crippen LogP contribution in [0.1, 0.15) is 36.3 Å². The molecule has 0 spiro atoms. The summed E-state index contributed by atoms with van der Waals surface area (Å²) in [6, 6.07) is 15.0. The van der Waals surface area contributed by atoms with Gasteiger partial charge in [-0.3, -0.25) is 9.78 Å². The van der Waals surface area contributed by atoms with Crippen LogP contribution in [-0.2, 0) is 9.53 Å². The first-order chi connectivity index (χ1) is 15.5. The maximum atomic E-state index is 11.6. The molecule has 2 atom stereocenters. The zero-order chi connectivity index (χ0) is 22.7. The predicted molar refractivity (Wildman–Crippen MR) is 129 cm³/mol. The number of nitrogens with zero attached hydrogens (tertiary/aromatic N) is 3. The molecule has 1 saturated heterocycles. The molecule has 9 heteroatoms. The Hall–Kier alpha value is -2.61. The number of nitrogens with one attached hydrogen (secondary N) is 1. The summed E-state index contributed by atoms with van der Waals surface area (Å²) in [5.41, 5.74) is 2.70. The van der Waals surface area contributed by atoms with E-state index >= 15 is 0 Å². The minimum atomic E-state index is -0.239. The molecule has 2 aromatic heterocycles. The van der Waals surface area contributed by atoms with Crippen LogP contribution in [0.3, 0.4) is 0 Å². The van der Waals surface area contributed by atoms with Gasteiger partial charge in [-0.05, 0) is 61.1 Å². The Bertz CT molecular complexity index is 1120. The van der Waals surface area contributed by atoms with Crippen molar-refractivity contribution in [1.29, 1.82) is 0 Å². The van der Waals surface area contributed by atoms with Gasteiger partial charge in [0.15, 0.2) is 5.11 Å². The molecule has 6 nitrogen and oxygen atoms in total. The van der Waals surface area contributed by atoms with E-state index in [1.54, 1.807) is 12.3 Å². The molecule has 0 amide bonds. The summed E-state index contributed by atoms with van der Waals surface area (Å²) in [6.07, 6.45) is 4.67. The Balaban J connectivity index is 1.73. The number of carbonyl (C=O) groups is 1. The average molecular weight is 489 g/mol. The summed E-state index contributed by atoms with van der Waals surface area (Å²) in [6.45, 7) is 0.592. The van der Waals surface area contributed by atoms with E-state index in [0.717, 1.165) is 17.1 Å². The molecule has 1 fully saturated rings. The van der Waals surface area contributed by atoms with Crippen LogP contribution in [0.2, 0.25) is 10.0 Å². The molecule has 0 aliphatic carbocycles. The molecule has 166 valence electrons. The highest BCUT2D eigenvalue weighted by atomic mass is 35.5. The fourth-order valence-corrected chi connectivity index (χ4v) is 4.83. The third-order valence-electron chi connectivity index (χ3n) is 5.46. The van der Waals surface area contributed by atoms with Crippen molar-refractivity contribution in [1.82, 2.24) is 19.8 Å². The molecule has 1 aliphatic heterocycles. The topological polar surface area (TPSA) is 59.4 Å². The SMILES string of the molecule is COC(=O)CCCN1C(=S)N[C@H](c2ccccn2)[C@H]1c1cccn1-c1ccc(Cl)cc1Cl. The number of esters is 1. The van der Waals surface area contributed by atoms with Gasteiger partial charge < -0.3 is 19.5 Å². The first-order valence-corrected chi connectivity index (χ1v) is 11.3. The maximum Gasteiger partial charge on any atom is 0.305 e. The second-order valence-corrected chi connectivity index (χ2v) is 8.63. The molecule has 0 radical (unpaired) electrons. The van der Waals surface area contributed by atoms with Crippen molar-refractivity contribution in [2.24, 2.45) is 0 Å². The number of hydrogen-bond acceptors (Lipinski definition) is 4. The number of aromatic nitrogens is 2. The van der Waals surface area contributed by atoms with Gasteiger partial charge in [0.1, 0.15) is 0 Å². The Morgan fingerprint density at radius 3 is 2.78 bits per heavy atom. The van der Waals surface area contributed by atoms with Gasteiger partial charge >= 0.3 is 5.97 Å². The number of benzene rings is 1. The Kier molecular flexibility index (Phi) is 6.98. The van der Waals surface area contributed by atoms with E-state index in [9.17, 15) is 4.79 Å². The van der Waals surface area contributed by atoms with E-state index in [1.165, 1.54) is 7.11 Å². The zero-order valence-corrected chi connectivity index (χ0v) is 19.7. The van der Waals surface area contributed by atoms with Crippen molar-refractivity contribution in [3.63, 3.8) is 0 Å². The summed E-state index contributed by atoms with van der Waals surface area (Å²) in [5.74, 6) is -0.239. The number of ether oxygens (including phenoxy) is 1. The number of hydrogen-bond donors (Lipinski definition) is 1. The molecular weight excluding hydrogens is 467 g/mol. The lowest BCUT2D eigenvalue weighted by atomic mass is 10.0. The molecule has 1 N–H and O–H groups in total. The highest BCUT2D eigenvalue weighted by Crippen LogP contribution is 2.40. The Morgan fingerprint density at radius 1 is 1.22 bits per heavy atom. The van der Waals surface area contributed by atoms with E-state index in [1.807, 2.05) is 47.2 Å². The number of pyridine rings is 1. The van der Waals surface area contributed by atoms with Crippen molar-refractivity contribution < 1.29 is 9.53 Å². The predicted octanol–water partition coefficient (Wildman–Crippen LogP) is 5.10. The Labute approximate surface area is 202 Å². The van der Waals surface area contributed by atoms with Crippen LogP contribution in [0.5, 0.6) is 0 Å². The summed E-state index contributed by atoms with van der Waals surface area (Å²) in [7, 11) is 1.40. The van der Waals surface area contributed by atoms with Crippen molar-refractivity contribution in [3.8, 4) is 5.69 Å². The monoisotopic (exact) mass is 488 g/mol. The van der Waals surface area contributed by atoms with Crippen molar-refractivity contribution in [2.45, 2.75) is 24.9 Å². The lowest BCUT2D eigenvalue weighted by Gasteiger charge is -2.29. The normalized spacial score (nSPS) is 18.0. The van der Waals surface area contributed by atoms with Crippen molar-refractivity contribution in [2.75, 3.05) is 13.7 Å². The first-order valence-electron chi connectivity index (χ1n) is 10.2. The van der Waals surface area contributed by atoms with E-state index < -0.39 is 0 Å². The molecule has 0 saturated carbocycles. The summed E-state index contributed by atoms with van der Waals surface area (Å²) in [5, 5.41) is 5.17. The molecule has 0 bridgehead atoms. The lowest BCUT2D eigenvalue weighted by molar-refractivity contribution is -0.140. The van der Waals surface area contributed by atoms with Gasteiger partial charge in [0, 0.05) is 36.1 Å². The van der Waals surface area contributed by atoms with Gasteiger partial charge in [-0.25, -0.2) is 0 Å². The van der Waals surface area contributed by atoms with Crippen LogP contribution in [0.4, 0.5) is 0 Å². The van der Waals surface area contributed by atoms with Gasteiger partial charge in [0.2, 0.25) is 0 Å². The van der Waals surface area contributed by atoms with Crippen LogP contribution in [0.15, 0.2) is 60.9 Å². The van der Waals surface area contributed by atoms with Gasteiger partial charge in [0.05, 0.1) is 35.6 Å². The van der Waals surface area contributed by atoms with E-state index in [-0.39, 0.29) is 18.1 Å². The smallest absolute Gasteiger partial charge is 0.305 e. The van der Waals surface area contributed by atoms with Crippen LogP contribution < -0.4 is 5.32 Å². The molecule has 3 aromatic rings. The van der Waals surface area contributed by atoms with E-state index in [0.29, 0.717) is 34.5 Å². The molecule has 3 heterocycles. The summed E-state index contributed by atoms with van der Waals surface area (Å²) >= 11 is 18.3. The fourth-order valence-electron chi connectivity index (χ4n) is 3.99. The second kappa shape index (κ2) is 9.90. The van der Waals surface area contributed by atoms with Crippen molar-refractivity contribution >= 4 is 46.5 Å². The van der Waals surface area contributed by atoms with E-state index in [2.05, 4.69) is 21.3 Å². The maximum absolute atomic E-state index is 11.6. The minimum Gasteiger partial charge on any atom is -0.469 e. The number of carbonyl (C=O) groups excluding carboxylic acids is 1. The Morgan fingerprint density at radius 2 is 2.06 bits per heavy atom. The third-order valence-corrected chi connectivity index (χ3v) is 6.35. The van der Waals surface area contributed by atoms with Gasteiger partial charge in [0.25, 0.3) is 0 Å². The van der Waals surface area contributed by atoms with Crippen molar-refractivity contribution in [3.05, 3.63) is 82.4 Å². The van der Waals surface area contributed by atoms with Gasteiger partial charge in [-0.15, -0.1) is 0 Å². The van der Waals surface area contributed by atoms with Crippen LogP contribution >= 0.6 is 35.4 Å². The number of thiocarbonyl (C=S) groups is 1. The number of methoxy groups -OCH3 is 1. The average Bonchev–Trinajstić information content (AvgIpc) is 3.38. The fraction of sp³-hybridized carbons (Fsp3) is 0.261. The minimum absolute atomic E-state index is 0.156. The van der Waals surface area contributed by atoms with E-state index in [4.69, 9.17) is 40.2 Å². The summed E-state index contributed by atoms with van der Waals surface area (Å²) in [4.78, 5) is 18.3. The summed E-state index contributed by atoms with van der Waals surface area (Å²) < 4.78 is 6.83. The zero-order valence-electron chi connectivity index (χ0n) is 17.4. The highest BCUT2D eigenvalue weighted by molar-refractivity contribution is 7.80. The van der Waals surface area contributed by atoms with Gasteiger partial charge in [-0.1, -0.05) is 29.3 Å². The quantitative estimate of drug-likeness (QED) is 0.368. The number of rotatable bonds is 7. The highest BCUT2D eigenvalue weighted by Gasteiger charge is 2.41. The molecule has 1 aromatic carbocycles. The number of halogens is 2. The van der Waals surface area contributed by atoms with Crippen LogP contribution in [0, 0.1) is 0 Å². The van der Waals surface area contributed by atoms with Crippen LogP contribution in [-0.4, -0.2) is 39.2 Å². The second-order valence-electron chi connectivity index (χ2n) is 7.40. The molecular formula is C23H22Cl2N4O2S. The molecule has 4 rings (SSSR count). The van der Waals surface area contributed by atoms with Gasteiger partial charge in [-0.2, -0.15) is 0 Å². The third kappa shape index (κ3) is 4.60. The largest absolute Gasteiger partial charge is 0.469 e. The molecule has 32 heavy (non-hydrogen) atoms. The standard InChI is InChI=1S/C23H22Cl2N4O2S/c1-31-20(30)8-5-13-29-22(21(27-23(29)32)17-6-2-3-11-26-17)19-7-4-12-28(19)18-10-9-15(24)14-16(18)25/h2-4,6-7,9-12,14,21-22H,5,8,13H2,1H3,(H,27,32)/t21-,22-/m1/s1. The molecule has 0 unspecified atom stereocenters.